The third-order valence-electron chi connectivity index (χ3n) is 5.40. The van der Waals surface area contributed by atoms with Gasteiger partial charge in [-0.3, -0.25) is 4.79 Å². The normalized spacial score (nSPS) is 37.8. The van der Waals surface area contributed by atoms with Crippen molar-refractivity contribution in [1.29, 1.82) is 0 Å². The fourth-order valence-corrected chi connectivity index (χ4v) is 4.64. The Hall–Kier alpha value is -1.51. The van der Waals surface area contributed by atoms with Crippen LogP contribution in [0.15, 0.2) is 24.3 Å². The number of fused-ring (bicyclic) bond motifs is 5. The summed E-state index contributed by atoms with van der Waals surface area (Å²) >= 11 is 0. The third-order valence-corrected chi connectivity index (χ3v) is 5.40. The van der Waals surface area contributed by atoms with E-state index in [1.54, 1.807) is 7.11 Å². The van der Waals surface area contributed by atoms with Crippen molar-refractivity contribution in [1.82, 2.24) is 0 Å². The molecule has 5 atom stereocenters. The summed E-state index contributed by atoms with van der Waals surface area (Å²) in [5.41, 5.74) is 0.798. The highest BCUT2D eigenvalue weighted by Crippen LogP contribution is 2.69. The Bertz CT molecular complexity index is 511. The van der Waals surface area contributed by atoms with Gasteiger partial charge in [-0.1, -0.05) is 12.1 Å². The van der Waals surface area contributed by atoms with Crippen molar-refractivity contribution >= 4 is 11.6 Å². The molecule has 100 valence electrons. The van der Waals surface area contributed by atoms with Gasteiger partial charge >= 0.3 is 0 Å². The second kappa shape index (κ2) is 3.99. The molecule has 3 saturated carbocycles. The van der Waals surface area contributed by atoms with Crippen LogP contribution < -0.4 is 10.1 Å². The van der Waals surface area contributed by atoms with Crippen LogP contribution in [0.25, 0.3) is 0 Å². The second-order valence-corrected chi connectivity index (χ2v) is 6.20. The van der Waals surface area contributed by atoms with Gasteiger partial charge in [-0.05, 0) is 55.1 Å². The van der Waals surface area contributed by atoms with Crippen molar-refractivity contribution in [2.75, 3.05) is 12.4 Å². The highest BCUT2D eigenvalue weighted by atomic mass is 16.5. The number of nitrogens with one attached hydrogen (secondary N) is 1. The zero-order chi connectivity index (χ0) is 13.0. The van der Waals surface area contributed by atoms with Crippen LogP contribution in [0.4, 0.5) is 5.69 Å². The minimum absolute atomic E-state index is 0.205. The first kappa shape index (κ1) is 11.3. The van der Waals surface area contributed by atoms with E-state index < -0.39 is 0 Å². The van der Waals surface area contributed by atoms with Crippen LogP contribution in [0.2, 0.25) is 0 Å². The number of para-hydroxylation sites is 2. The largest absolute Gasteiger partial charge is 0.495 e. The molecular formula is C16H19NO2. The van der Waals surface area contributed by atoms with E-state index in [1.807, 2.05) is 24.3 Å². The molecule has 3 aliphatic carbocycles. The van der Waals surface area contributed by atoms with Gasteiger partial charge in [0.05, 0.1) is 12.8 Å². The first-order valence-corrected chi connectivity index (χ1v) is 7.23. The molecule has 1 aromatic rings. The maximum absolute atomic E-state index is 12.4. The molecule has 3 nitrogen and oxygen atoms in total. The van der Waals surface area contributed by atoms with Crippen LogP contribution in [-0.2, 0) is 4.79 Å². The van der Waals surface area contributed by atoms with Crippen LogP contribution in [-0.4, -0.2) is 13.0 Å². The first-order chi connectivity index (χ1) is 9.29. The van der Waals surface area contributed by atoms with Gasteiger partial charge in [0.2, 0.25) is 5.91 Å². The van der Waals surface area contributed by atoms with Gasteiger partial charge in [-0.25, -0.2) is 0 Å². The molecule has 4 rings (SSSR count). The molecular weight excluding hydrogens is 238 g/mol. The van der Waals surface area contributed by atoms with Crippen LogP contribution in [0.5, 0.6) is 5.75 Å². The molecule has 1 unspecified atom stereocenters. The number of benzene rings is 1. The maximum Gasteiger partial charge on any atom is 0.228 e. The Labute approximate surface area is 113 Å². The predicted molar refractivity (Wildman–Crippen MR) is 72.9 cm³/mol. The van der Waals surface area contributed by atoms with Gasteiger partial charge in [-0.2, -0.15) is 0 Å². The molecule has 0 aromatic heterocycles. The molecule has 0 spiro atoms. The summed E-state index contributed by atoms with van der Waals surface area (Å²) in [7, 11) is 1.64. The molecule has 2 bridgehead atoms. The summed E-state index contributed by atoms with van der Waals surface area (Å²) in [6.45, 7) is 0. The fraction of sp³-hybridized carbons (Fsp3) is 0.562. The number of hydrogen-bond donors (Lipinski definition) is 1. The zero-order valence-electron chi connectivity index (χ0n) is 11.1. The maximum atomic E-state index is 12.4. The second-order valence-electron chi connectivity index (χ2n) is 6.20. The highest BCUT2D eigenvalue weighted by molar-refractivity contribution is 5.96. The van der Waals surface area contributed by atoms with E-state index in [0.717, 1.165) is 23.3 Å². The summed E-state index contributed by atoms with van der Waals surface area (Å²) in [5.74, 6) is 4.27. The number of carbonyl (C=O) groups is 1. The lowest BCUT2D eigenvalue weighted by atomic mass is 10.0. The highest BCUT2D eigenvalue weighted by Gasteiger charge is 2.67. The molecule has 1 amide bonds. The molecule has 3 fully saturated rings. The first-order valence-electron chi connectivity index (χ1n) is 7.23. The lowest BCUT2D eigenvalue weighted by molar-refractivity contribution is -0.118. The standard InChI is InChI=1S/C16H19NO2/c1-19-12-5-3-2-4-11(12)17-16(18)15-13-9-6-7-10(8-9)14(13)15/h2-5,9-10,13-15H,6-8H2,1H3,(H,17,18)/t9-,10-,13-,14+,15?/m0/s1. The number of hydrogen-bond acceptors (Lipinski definition) is 2. The lowest BCUT2D eigenvalue weighted by Crippen LogP contribution is -2.18. The SMILES string of the molecule is COc1ccccc1NC(=O)C1[C@@H]2[C@H]3CC[C@@H](C3)[C@H]12. The van der Waals surface area contributed by atoms with Crippen molar-refractivity contribution in [3.8, 4) is 5.75 Å². The fourth-order valence-electron chi connectivity index (χ4n) is 4.64. The Kier molecular flexibility index (Phi) is 2.38. The van der Waals surface area contributed by atoms with Crippen LogP contribution in [0, 0.1) is 29.6 Å². The van der Waals surface area contributed by atoms with E-state index in [0.29, 0.717) is 11.8 Å². The zero-order valence-corrected chi connectivity index (χ0v) is 11.1. The van der Waals surface area contributed by atoms with Crippen molar-refractivity contribution in [2.45, 2.75) is 19.3 Å². The molecule has 0 aliphatic heterocycles. The van der Waals surface area contributed by atoms with E-state index in [2.05, 4.69) is 5.32 Å². The summed E-state index contributed by atoms with van der Waals surface area (Å²) in [4.78, 5) is 12.4. The topological polar surface area (TPSA) is 38.3 Å². The van der Waals surface area contributed by atoms with Crippen molar-refractivity contribution in [3.05, 3.63) is 24.3 Å². The molecule has 0 radical (unpaired) electrons. The van der Waals surface area contributed by atoms with Gasteiger partial charge in [0.25, 0.3) is 0 Å². The lowest BCUT2D eigenvalue weighted by Gasteiger charge is -2.12. The Morgan fingerprint density at radius 2 is 1.89 bits per heavy atom. The molecule has 3 aliphatic rings. The monoisotopic (exact) mass is 257 g/mol. The van der Waals surface area contributed by atoms with Crippen molar-refractivity contribution in [2.24, 2.45) is 29.6 Å². The number of carbonyl (C=O) groups excluding carboxylic acids is 1. The van der Waals surface area contributed by atoms with Crippen molar-refractivity contribution in [3.63, 3.8) is 0 Å². The van der Waals surface area contributed by atoms with E-state index in [1.165, 1.54) is 19.3 Å². The molecule has 1 N–H and O–H groups in total. The number of anilines is 1. The van der Waals surface area contributed by atoms with Crippen LogP contribution in [0.3, 0.4) is 0 Å². The molecule has 3 heteroatoms. The van der Waals surface area contributed by atoms with Gasteiger partial charge in [-0.15, -0.1) is 0 Å². The summed E-state index contributed by atoms with van der Waals surface area (Å²) in [6, 6.07) is 7.63. The number of amides is 1. The average Bonchev–Trinajstić information content (AvgIpc) is 2.88. The minimum atomic E-state index is 0.205. The Morgan fingerprint density at radius 3 is 2.58 bits per heavy atom. The Morgan fingerprint density at radius 1 is 1.21 bits per heavy atom. The summed E-state index contributed by atoms with van der Waals surface area (Å²) < 4.78 is 5.28. The minimum Gasteiger partial charge on any atom is -0.495 e. The third kappa shape index (κ3) is 1.60. The average molecular weight is 257 g/mol. The molecule has 1 aromatic carbocycles. The Balaban J connectivity index is 1.48. The van der Waals surface area contributed by atoms with Gasteiger partial charge < -0.3 is 10.1 Å². The number of rotatable bonds is 3. The van der Waals surface area contributed by atoms with E-state index in [9.17, 15) is 4.79 Å². The van der Waals surface area contributed by atoms with Crippen molar-refractivity contribution < 1.29 is 9.53 Å². The smallest absolute Gasteiger partial charge is 0.228 e. The molecule has 19 heavy (non-hydrogen) atoms. The van der Waals surface area contributed by atoms with Crippen LogP contribution in [0.1, 0.15) is 19.3 Å². The van der Waals surface area contributed by atoms with Gasteiger partial charge in [0.1, 0.15) is 5.75 Å². The van der Waals surface area contributed by atoms with Gasteiger partial charge in [0, 0.05) is 5.92 Å². The summed E-state index contributed by atoms with van der Waals surface area (Å²) in [5, 5.41) is 3.06. The predicted octanol–water partition coefficient (Wildman–Crippen LogP) is 2.93. The van der Waals surface area contributed by atoms with E-state index in [-0.39, 0.29) is 11.8 Å². The van der Waals surface area contributed by atoms with Gasteiger partial charge in [0.15, 0.2) is 0 Å². The number of methoxy groups -OCH3 is 1. The quantitative estimate of drug-likeness (QED) is 0.904. The number of ether oxygens (including phenoxy) is 1. The van der Waals surface area contributed by atoms with E-state index in [4.69, 9.17) is 4.74 Å². The van der Waals surface area contributed by atoms with E-state index >= 15 is 0 Å². The van der Waals surface area contributed by atoms with Crippen LogP contribution >= 0.6 is 0 Å². The summed E-state index contributed by atoms with van der Waals surface area (Å²) in [6.07, 6.45) is 4.09. The molecule has 0 heterocycles. The molecule has 0 saturated heterocycles.